The first-order chi connectivity index (χ1) is 22.1. The first-order valence-corrected chi connectivity index (χ1v) is 19.4. The van der Waals surface area contributed by atoms with E-state index >= 15 is 0 Å². The van der Waals surface area contributed by atoms with E-state index in [2.05, 4.69) is 65.0 Å². The Hall–Kier alpha value is -1.43. The average Bonchev–Trinajstić information content (AvgIpc) is 3.19. The van der Waals surface area contributed by atoms with Crippen molar-refractivity contribution < 1.29 is 24.9 Å². The van der Waals surface area contributed by atoms with Crippen molar-refractivity contribution in [2.45, 2.75) is 143 Å². The largest absolute Gasteiger partial charge is 0.481 e. The second-order valence-electron chi connectivity index (χ2n) is 19.5. The number of aliphatic hydroxyl groups is 2. The van der Waals surface area contributed by atoms with Crippen molar-refractivity contribution in [2.24, 2.45) is 67.5 Å². The highest BCUT2D eigenvalue weighted by molar-refractivity contribution is 5.74. The minimum absolute atomic E-state index is 0.0269. The van der Waals surface area contributed by atoms with E-state index in [-0.39, 0.29) is 57.0 Å². The highest BCUT2D eigenvalue weighted by Crippen LogP contribution is 2.87. The van der Waals surface area contributed by atoms with Gasteiger partial charge in [-0.1, -0.05) is 71.4 Å². The summed E-state index contributed by atoms with van der Waals surface area (Å²) in [6.07, 6.45) is 13.6. The Morgan fingerprint density at radius 3 is 2.23 bits per heavy atom. The third-order valence-electron chi connectivity index (χ3n) is 18.5. The Labute approximate surface area is 283 Å². The minimum Gasteiger partial charge on any atom is -0.481 e. The Morgan fingerprint density at radius 1 is 0.851 bits per heavy atom. The summed E-state index contributed by atoms with van der Waals surface area (Å²) < 4.78 is 7.07. The second-order valence-corrected chi connectivity index (χ2v) is 19.5. The molecule has 0 aromatic heterocycles. The Balaban J connectivity index is 1.29. The standard InChI is InChI=1S/C42H62O5/c1-7-11-31-40-17-16-30-37(4)21-20-35(2)18-19-36(3,34(44)45)25-32(35)38(37,5)23-28-14-15-29(41(40,26-43)39(28,30)6)24-42(31,46)47-33(40)22-27-12-9-8-10-13-27/h8-10,12-13,28-33,43,46H,7,11,14-26H2,1-6H3,(H,44,45)/t28-,29-,30+,31+,32-,33+,35+,36-,37+,38+,39-,40-,41+,42+/m1/s1. The van der Waals surface area contributed by atoms with Gasteiger partial charge >= 0.3 is 5.97 Å². The molecule has 47 heavy (non-hydrogen) atoms. The van der Waals surface area contributed by atoms with E-state index in [4.69, 9.17) is 4.74 Å². The first kappa shape index (κ1) is 32.8. The van der Waals surface area contributed by atoms with Crippen molar-refractivity contribution in [1.29, 1.82) is 0 Å². The lowest BCUT2D eigenvalue weighted by Gasteiger charge is -2.82. The second kappa shape index (κ2) is 10.1. The van der Waals surface area contributed by atoms with Crippen molar-refractivity contribution >= 4 is 5.97 Å². The van der Waals surface area contributed by atoms with Crippen LogP contribution >= 0.6 is 0 Å². The van der Waals surface area contributed by atoms with Crippen molar-refractivity contribution in [3.8, 4) is 0 Å². The van der Waals surface area contributed by atoms with Gasteiger partial charge in [0.2, 0.25) is 0 Å². The van der Waals surface area contributed by atoms with Crippen LogP contribution in [0.5, 0.6) is 0 Å². The summed E-state index contributed by atoms with van der Waals surface area (Å²) in [5, 5.41) is 35.3. The highest BCUT2D eigenvalue weighted by Gasteiger charge is 2.85. The third kappa shape index (κ3) is 3.66. The highest BCUT2D eigenvalue weighted by atomic mass is 16.6. The number of fused-ring (bicyclic) bond motifs is 5. The molecule has 8 rings (SSSR count). The maximum Gasteiger partial charge on any atom is 0.309 e. The molecule has 260 valence electrons. The van der Waals surface area contributed by atoms with Crippen molar-refractivity contribution in [3.63, 3.8) is 0 Å². The molecule has 6 aliphatic carbocycles. The van der Waals surface area contributed by atoms with E-state index in [0.29, 0.717) is 24.2 Å². The van der Waals surface area contributed by atoms with Gasteiger partial charge in [0.1, 0.15) is 0 Å². The first-order valence-electron chi connectivity index (χ1n) is 19.4. The minimum atomic E-state index is -1.13. The molecule has 14 atom stereocenters. The monoisotopic (exact) mass is 646 g/mol. The molecular formula is C42H62O5. The molecule has 7 aliphatic rings. The summed E-state index contributed by atoms with van der Waals surface area (Å²) in [5.41, 5.74) is 0.228. The fourth-order valence-corrected chi connectivity index (χ4v) is 16.2. The van der Waals surface area contributed by atoms with Crippen LogP contribution in [0, 0.1) is 67.5 Å². The molecule has 1 aromatic rings. The van der Waals surface area contributed by atoms with Crippen molar-refractivity contribution in [3.05, 3.63) is 35.9 Å². The molecule has 0 amide bonds. The molecular weight excluding hydrogens is 584 g/mol. The number of carboxylic acid groups (broad SMARTS) is 1. The van der Waals surface area contributed by atoms with E-state index in [9.17, 15) is 20.1 Å². The number of aliphatic hydroxyl groups excluding tert-OH is 1. The number of aliphatic carboxylic acids is 1. The lowest BCUT2D eigenvalue weighted by molar-refractivity contribution is -0.357. The SMILES string of the molecule is CCC[C@H]1[C@]23CC[C@@H]4[C@@]5(C)[C@H](CC[C@H](C[C@]1(O)O[C@H]2Cc1ccccc1)[C@@]53CO)C[C@@]1(C)[C@@H]2C[C@](C)(C(=O)O)CC[C@@]2(C)CC[C@@]41C. The fraction of sp³-hybridized carbons (Fsp3) is 0.833. The molecule has 6 saturated carbocycles. The van der Waals surface area contributed by atoms with E-state index < -0.39 is 17.2 Å². The quantitative estimate of drug-likeness (QED) is 0.288. The number of hydrogen-bond donors (Lipinski definition) is 3. The maximum atomic E-state index is 12.7. The number of hydrogen-bond acceptors (Lipinski definition) is 4. The van der Waals surface area contributed by atoms with Gasteiger partial charge in [-0.25, -0.2) is 0 Å². The van der Waals surface area contributed by atoms with E-state index in [0.717, 1.165) is 70.6 Å². The molecule has 5 nitrogen and oxygen atoms in total. The summed E-state index contributed by atoms with van der Waals surface area (Å²) >= 11 is 0. The number of carbonyl (C=O) groups is 1. The lowest BCUT2D eigenvalue weighted by atomic mass is 9.22. The van der Waals surface area contributed by atoms with Gasteiger partial charge < -0.3 is 20.1 Å². The summed E-state index contributed by atoms with van der Waals surface area (Å²) in [6, 6.07) is 10.7. The van der Waals surface area contributed by atoms with E-state index in [1.54, 1.807) is 0 Å². The molecule has 1 aliphatic heterocycles. The van der Waals surface area contributed by atoms with Crippen LogP contribution in [0.3, 0.4) is 0 Å². The molecule has 3 N–H and O–H groups in total. The molecule has 1 heterocycles. The van der Waals surface area contributed by atoms with Gasteiger partial charge in [0, 0.05) is 23.2 Å². The molecule has 7 fully saturated rings. The van der Waals surface area contributed by atoms with E-state index in [1.807, 2.05) is 6.92 Å². The number of rotatable bonds is 6. The van der Waals surface area contributed by atoms with Crippen LogP contribution < -0.4 is 0 Å². The smallest absolute Gasteiger partial charge is 0.309 e. The third-order valence-corrected chi connectivity index (χ3v) is 18.5. The van der Waals surface area contributed by atoms with Gasteiger partial charge in [0.25, 0.3) is 0 Å². The number of ether oxygens (including phenoxy) is 1. The topological polar surface area (TPSA) is 87.0 Å². The van der Waals surface area contributed by atoms with Crippen LogP contribution in [0.2, 0.25) is 0 Å². The molecule has 5 heteroatoms. The zero-order valence-electron chi connectivity index (χ0n) is 30.1. The van der Waals surface area contributed by atoms with Gasteiger partial charge in [0.15, 0.2) is 5.79 Å². The summed E-state index contributed by atoms with van der Waals surface area (Å²) in [4.78, 5) is 12.7. The van der Waals surface area contributed by atoms with Crippen LogP contribution in [0.4, 0.5) is 0 Å². The molecule has 1 saturated heterocycles. The number of benzene rings is 1. The molecule has 0 unspecified atom stereocenters. The zero-order valence-corrected chi connectivity index (χ0v) is 30.1. The Bertz CT molecular complexity index is 1430. The van der Waals surface area contributed by atoms with Gasteiger partial charge in [-0.3, -0.25) is 4.79 Å². The summed E-state index contributed by atoms with van der Waals surface area (Å²) in [5.74, 6) is -0.167. The van der Waals surface area contributed by atoms with Crippen LogP contribution in [0.15, 0.2) is 30.3 Å². The van der Waals surface area contributed by atoms with Gasteiger partial charge in [0.05, 0.1) is 18.1 Å². The van der Waals surface area contributed by atoms with Crippen LogP contribution in [0.1, 0.15) is 131 Å². The Kier molecular flexibility index (Phi) is 7.03. The van der Waals surface area contributed by atoms with Crippen LogP contribution in [0.25, 0.3) is 0 Å². The average molecular weight is 647 g/mol. The Morgan fingerprint density at radius 2 is 1.55 bits per heavy atom. The molecule has 0 radical (unpaired) electrons. The molecule has 1 aromatic carbocycles. The van der Waals surface area contributed by atoms with Gasteiger partial charge in [-0.2, -0.15) is 0 Å². The van der Waals surface area contributed by atoms with Crippen molar-refractivity contribution in [1.82, 2.24) is 0 Å². The maximum absolute atomic E-state index is 12.7. The fourth-order valence-electron chi connectivity index (χ4n) is 16.2. The zero-order chi connectivity index (χ0) is 33.5. The predicted octanol–water partition coefficient (Wildman–Crippen LogP) is 8.65. The normalized spacial score (nSPS) is 55.8. The van der Waals surface area contributed by atoms with Crippen molar-refractivity contribution in [2.75, 3.05) is 6.61 Å². The van der Waals surface area contributed by atoms with E-state index in [1.165, 1.54) is 18.4 Å². The predicted molar refractivity (Wildman–Crippen MR) is 183 cm³/mol. The van der Waals surface area contributed by atoms with Gasteiger partial charge in [-0.15, -0.1) is 0 Å². The van der Waals surface area contributed by atoms with Crippen LogP contribution in [-0.2, 0) is 16.0 Å². The summed E-state index contributed by atoms with van der Waals surface area (Å²) in [7, 11) is 0. The van der Waals surface area contributed by atoms with Crippen LogP contribution in [-0.4, -0.2) is 39.8 Å². The molecule has 1 spiro atoms. The molecule has 2 bridgehead atoms. The summed E-state index contributed by atoms with van der Waals surface area (Å²) in [6.45, 7) is 14.8. The van der Waals surface area contributed by atoms with Gasteiger partial charge in [-0.05, 0) is 135 Å². The lowest BCUT2D eigenvalue weighted by Crippen LogP contribution is -2.79. The number of carboxylic acids is 1.